The highest BCUT2D eigenvalue weighted by Gasteiger charge is 2.09. The number of rotatable bonds is 5. The minimum absolute atomic E-state index is 0. The number of likely N-dealkylation sites (N-methyl/N-ethyl adjacent to an activating group) is 1. The summed E-state index contributed by atoms with van der Waals surface area (Å²) < 4.78 is 0. The third-order valence-electron chi connectivity index (χ3n) is 1.70. The van der Waals surface area contributed by atoms with Crippen molar-refractivity contribution in [1.82, 2.24) is 5.32 Å². The molecule has 0 saturated heterocycles. The number of amides is 1. The van der Waals surface area contributed by atoms with E-state index in [1.165, 1.54) is 6.42 Å². The predicted octanol–water partition coefficient (Wildman–Crippen LogP) is 1.06. The molecule has 0 saturated carbocycles. The molecule has 4 heteroatoms. The number of unbranched alkanes of at least 4 members (excludes halogenated alkanes) is 2. The Hall–Kier alpha value is -0.280. The van der Waals surface area contributed by atoms with Gasteiger partial charge in [0, 0.05) is 7.05 Å². The molecule has 1 atom stereocenters. The molecule has 0 bridgehead atoms. The van der Waals surface area contributed by atoms with E-state index in [-0.39, 0.29) is 24.4 Å². The smallest absolute Gasteiger partial charge is 0.236 e. The van der Waals surface area contributed by atoms with Crippen LogP contribution in [0.2, 0.25) is 0 Å². The molecule has 0 heterocycles. The zero-order valence-electron chi connectivity index (χ0n) is 7.80. The van der Waals surface area contributed by atoms with Gasteiger partial charge >= 0.3 is 0 Å². The predicted molar refractivity (Wildman–Crippen MR) is 53.4 cm³/mol. The highest BCUT2D eigenvalue weighted by atomic mass is 35.5. The van der Waals surface area contributed by atoms with Gasteiger partial charge in [-0.3, -0.25) is 4.79 Å². The third-order valence-corrected chi connectivity index (χ3v) is 1.70. The number of halogens is 1. The van der Waals surface area contributed by atoms with Crippen molar-refractivity contribution in [3.63, 3.8) is 0 Å². The average Bonchev–Trinajstić information content (AvgIpc) is 2.03. The summed E-state index contributed by atoms with van der Waals surface area (Å²) >= 11 is 0. The van der Waals surface area contributed by atoms with Crippen molar-refractivity contribution in [2.24, 2.45) is 5.73 Å². The van der Waals surface area contributed by atoms with Crippen LogP contribution in [-0.2, 0) is 4.79 Å². The molecule has 0 fully saturated rings. The van der Waals surface area contributed by atoms with Gasteiger partial charge in [-0.25, -0.2) is 0 Å². The molecule has 0 rings (SSSR count). The Labute approximate surface area is 80.5 Å². The maximum absolute atomic E-state index is 10.9. The molecule has 0 aromatic heterocycles. The molecule has 3 N–H and O–H groups in total. The summed E-state index contributed by atoms with van der Waals surface area (Å²) in [7, 11) is 1.61. The first-order valence-corrected chi connectivity index (χ1v) is 4.19. The molecule has 12 heavy (non-hydrogen) atoms. The molecule has 0 radical (unpaired) electrons. The lowest BCUT2D eigenvalue weighted by Gasteiger charge is -2.08. The van der Waals surface area contributed by atoms with Crippen molar-refractivity contribution in [1.29, 1.82) is 0 Å². The molecule has 0 aromatic carbocycles. The minimum Gasteiger partial charge on any atom is -0.358 e. The second-order valence-corrected chi connectivity index (χ2v) is 2.72. The van der Waals surface area contributed by atoms with Crippen LogP contribution in [0, 0.1) is 0 Å². The SMILES string of the molecule is CCCCCC(N)C(=O)NC.Cl. The molecule has 0 spiro atoms. The summed E-state index contributed by atoms with van der Waals surface area (Å²) in [5.74, 6) is -0.0545. The van der Waals surface area contributed by atoms with Gasteiger partial charge in [0.25, 0.3) is 0 Å². The van der Waals surface area contributed by atoms with Gasteiger partial charge in [0.2, 0.25) is 5.91 Å². The van der Waals surface area contributed by atoms with Gasteiger partial charge in [-0.15, -0.1) is 12.4 Å². The van der Waals surface area contributed by atoms with Crippen LogP contribution in [0.1, 0.15) is 32.6 Å². The van der Waals surface area contributed by atoms with E-state index in [4.69, 9.17) is 5.73 Å². The summed E-state index contributed by atoms with van der Waals surface area (Å²) in [6, 6.07) is -0.313. The van der Waals surface area contributed by atoms with Gasteiger partial charge < -0.3 is 11.1 Å². The maximum Gasteiger partial charge on any atom is 0.236 e. The number of carbonyl (C=O) groups excluding carboxylic acids is 1. The van der Waals surface area contributed by atoms with E-state index in [1.54, 1.807) is 7.05 Å². The summed E-state index contributed by atoms with van der Waals surface area (Å²) in [4.78, 5) is 10.9. The van der Waals surface area contributed by atoms with E-state index in [1.807, 2.05) is 0 Å². The maximum atomic E-state index is 10.9. The van der Waals surface area contributed by atoms with Crippen molar-refractivity contribution < 1.29 is 4.79 Å². The largest absolute Gasteiger partial charge is 0.358 e. The molecular weight excluding hydrogens is 176 g/mol. The van der Waals surface area contributed by atoms with E-state index in [0.717, 1.165) is 19.3 Å². The second kappa shape index (κ2) is 8.81. The van der Waals surface area contributed by atoms with Gasteiger partial charge in [0.05, 0.1) is 6.04 Å². The fourth-order valence-corrected chi connectivity index (χ4v) is 0.931. The lowest BCUT2D eigenvalue weighted by molar-refractivity contribution is -0.122. The lowest BCUT2D eigenvalue weighted by Crippen LogP contribution is -2.38. The van der Waals surface area contributed by atoms with Crippen molar-refractivity contribution in [3.8, 4) is 0 Å². The van der Waals surface area contributed by atoms with Crippen LogP contribution >= 0.6 is 12.4 Å². The summed E-state index contributed by atoms with van der Waals surface area (Å²) in [6.07, 6.45) is 4.17. The van der Waals surface area contributed by atoms with Crippen molar-refractivity contribution in [3.05, 3.63) is 0 Å². The molecule has 1 unspecified atom stereocenters. The second-order valence-electron chi connectivity index (χ2n) is 2.72. The van der Waals surface area contributed by atoms with Gasteiger partial charge in [-0.05, 0) is 6.42 Å². The third kappa shape index (κ3) is 6.43. The van der Waals surface area contributed by atoms with Crippen LogP contribution in [0.3, 0.4) is 0 Å². The van der Waals surface area contributed by atoms with E-state index >= 15 is 0 Å². The van der Waals surface area contributed by atoms with E-state index in [0.29, 0.717) is 0 Å². The van der Waals surface area contributed by atoms with Crippen LogP contribution in [0.25, 0.3) is 0 Å². The first-order valence-electron chi connectivity index (χ1n) is 4.19. The number of nitrogens with one attached hydrogen (secondary N) is 1. The first-order chi connectivity index (χ1) is 5.22. The highest BCUT2D eigenvalue weighted by Crippen LogP contribution is 2.01. The number of hydrogen-bond donors (Lipinski definition) is 2. The van der Waals surface area contributed by atoms with Crippen LogP contribution in [-0.4, -0.2) is 19.0 Å². The zero-order valence-corrected chi connectivity index (χ0v) is 8.62. The van der Waals surface area contributed by atoms with E-state index in [2.05, 4.69) is 12.2 Å². The Morgan fingerprint density at radius 1 is 1.50 bits per heavy atom. The first kappa shape index (κ1) is 14.3. The standard InChI is InChI=1S/C8H18N2O.ClH/c1-3-4-5-6-7(9)8(11)10-2;/h7H,3-6,9H2,1-2H3,(H,10,11);1H. The number of carbonyl (C=O) groups is 1. The van der Waals surface area contributed by atoms with Gasteiger partial charge in [-0.2, -0.15) is 0 Å². The monoisotopic (exact) mass is 194 g/mol. The molecule has 0 aromatic rings. The molecule has 0 aliphatic heterocycles. The molecule has 1 amide bonds. The fraction of sp³-hybridized carbons (Fsp3) is 0.875. The molecule has 0 aliphatic rings. The lowest BCUT2D eigenvalue weighted by atomic mass is 10.1. The Morgan fingerprint density at radius 3 is 2.50 bits per heavy atom. The Bertz CT molecular complexity index is 120. The van der Waals surface area contributed by atoms with Crippen LogP contribution in [0.15, 0.2) is 0 Å². The average molecular weight is 195 g/mol. The number of nitrogens with two attached hydrogens (primary N) is 1. The van der Waals surface area contributed by atoms with Crippen LogP contribution in [0.5, 0.6) is 0 Å². The Kier molecular flexibility index (Phi) is 10.5. The summed E-state index contributed by atoms with van der Waals surface area (Å²) in [5.41, 5.74) is 5.56. The Morgan fingerprint density at radius 2 is 2.08 bits per heavy atom. The van der Waals surface area contributed by atoms with Crippen LogP contribution < -0.4 is 11.1 Å². The zero-order chi connectivity index (χ0) is 8.69. The number of hydrogen-bond acceptors (Lipinski definition) is 2. The molecule has 74 valence electrons. The van der Waals surface area contributed by atoms with Gasteiger partial charge in [-0.1, -0.05) is 26.2 Å². The highest BCUT2D eigenvalue weighted by molar-refractivity contribution is 5.85. The molecule has 3 nitrogen and oxygen atoms in total. The van der Waals surface area contributed by atoms with Crippen molar-refractivity contribution in [2.75, 3.05) is 7.05 Å². The topological polar surface area (TPSA) is 55.1 Å². The normalized spacial score (nSPS) is 11.6. The molecule has 0 aliphatic carbocycles. The quantitative estimate of drug-likeness (QED) is 0.644. The van der Waals surface area contributed by atoms with Crippen molar-refractivity contribution in [2.45, 2.75) is 38.6 Å². The summed E-state index contributed by atoms with van der Waals surface area (Å²) in [5, 5.41) is 2.53. The van der Waals surface area contributed by atoms with Gasteiger partial charge in [0.1, 0.15) is 0 Å². The van der Waals surface area contributed by atoms with Gasteiger partial charge in [0.15, 0.2) is 0 Å². The molecular formula is C8H19ClN2O. The summed E-state index contributed by atoms with van der Waals surface area (Å²) in [6.45, 7) is 2.13. The van der Waals surface area contributed by atoms with Crippen molar-refractivity contribution >= 4 is 18.3 Å². The fourth-order valence-electron chi connectivity index (χ4n) is 0.931. The Balaban J connectivity index is 0. The van der Waals surface area contributed by atoms with E-state index < -0.39 is 0 Å². The van der Waals surface area contributed by atoms with E-state index in [9.17, 15) is 4.79 Å². The van der Waals surface area contributed by atoms with Crippen LogP contribution in [0.4, 0.5) is 0 Å². The minimum atomic E-state index is -0.313.